The molecule has 1 aromatic carbocycles. The van der Waals surface area contributed by atoms with E-state index >= 15 is 0 Å². The highest BCUT2D eigenvalue weighted by molar-refractivity contribution is 5.86. The van der Waals surface area contributed by atoms with Crippen molar-refractivity contribution in [1.82, 2.24) is 10.2 Å². The van der Waals surface area contributed by atoms with E-state index in [1.807, 2.05) is 52.2 Å². The number of likely N-dealkylation sites (N-methyl/N-ethyl adjacent to an activating group) is 1. The van der Waals surface area contributed by atoms with E-state index in [-0.39, 0.29) is 5.91 Å². The summed E-state index contributed by atoms with van der Waals surface area (Å²) in [4.78, 5) is 14.0. The lowest BCUT2D eigenvalue weighted by Gasteiger charge is -2.32. The molecule has 4 nitrogen and oxygen atoms in total. The Morgan fingerprint density at radius 3 is 2.32 bits per heavy atom. The van der Waals surface area contributed by atoms with Gasteiger partial charge in [-0.05, 0) is 33.0 Å². The van der Waals surface area contributed by atoms with Crippen LogP contribution in [0.2, 0.25) is 0 Å². The molecule has 1 amide bonds. The summed E-state index contributed by atoms with van der Waals surface area (Å²) in [6, 6.07) is 7.98. The number of benzene rings is 1. The van der Waals surface area contributed by atoms with Gasteiger partial charge < -0.3 is 10.6 Å². The number of carbonyl (C=O) groups excluding carboxylic acids is 1. The molecule has 4 heteroatoms. The topological polar surface area (TPSA) is 58.4 Å². The lowest BCUT2D eigenvalue weighted by Crippen LogP contribution is -2.53. The van der Waals surface area contributed by atoms with E-state index in [4.69, 9.17) is 5.73 Å². The molecule has 19 heavy (non-hydrogen) atoms. The van der Waals surface area contributed by atoms with Crippen molar-refractivity contribution in [2.24, 2.45) is 5.73 Å². The number of nitrogens with two attached hydrogens (primary N) is 1. The number of nitrogens with zero attached hydrogens (tertiary/aromatic N) is 1. The van der Waals surface area contributed by atoms with Crippen molar-refractivity contribution in [3.63, 3.8) is 0 Å². The molecule has 106 valence electrons. The maximum Gasteiger partial charge on any atom is 0.242 e. The van der Waals surface area contributed by atoms with Crippen LogP contribution < -0.4 is 11.1 Å². The Morgan fingerprint density at radius 2 is 1.89 bits per heavy atom. The van der Waals surface area contributed by atoms with Crippen LogP contribution in [-0.4, -0.2) is 38.0 Å². The quantitative estimate of drug-likeness (QED) is 0.778. The summed E-state index contributed by atoms with van der Waals surface area (Å²) in [6.07, 6.45) is 0.638. The van der Waals surface area contributed by atoms with Crippen LogP contribution in [0.3, 0.4) is 0 Å². The number of primary amides is 1. The molecule has 1 aromatic rings. The number of aryl methyl sites for hydroxylation is 1. The molecule has 0 aliphatic heterocycles. The van der Waals surface area contributed by atoms with Gasteiger partial charge in [0.1, 0.15) is 5.54 Å². The van der Waals surface area contributed by atoms with Crippen LogP contribution in [0, 0.1) is 6.92 Å². The fraction of sp³-hybridized carbons (Fsp3) is 0.533. The van der Waals surface area contributed by atoms with Crippen molar-refractivity contribution >= 4 is 5.91 Å². The van der Waals surface area contributed by atoms with Gasteiger partial charge in [0.15, 0.2) is 0 Å². The van der Waals surface area contributed by atoms with Crippen molar-refractivity contribution in [3.8, 4) is 0 Å². The SMILES string of the molecule is CCC(NCCN(C)C)(C(N)=O)c1ccc(C)cc1. The standard InChI is InChI=1S/C15H25N3O/c1-5-15(14(16)19,17-10-11-18(3)4)13-8-6-12(2)7-9-13/h6-9,17H,5,10-11H2,1-4H3,(H2,16,19). The van der Waals surface area contributed by atoms with Crippen LogP contribution in [0.4, 0.5) is 0 Å². The molecular weight excluding hydrogens is 238 g/mol. The molecular formula is C15H25N3O. The van der Waals surface area contributed by atoms with Gasteiger partial charge in [-0.25, -0.2) is 0 Å². The molecule has 0 fully saturated rings. The summed E-state index contributed by atoms with van der Waals surface area (Å²) >= 11 is 0. The fourth-order valence-electron chi connectivity index (χ4n) is 2.17. The van der Waals surface area contributed by atoms with E-state index in [1.165, 1.54) is 5.56 Å². The normalized spacial score (nSPS) is 14.4. The molecule has 0 bridgehead atoms. The fourth-order valence-corrected chi connectivity index (χ4v) is 2.17. The lowest BCUT2D eigenvalue weighted by atomic mass is 9.86. The largest absolute Gasteiger partial charge is 0.368 e. The van der Waals surface area contributed by atoms with Gasteiger partial charge in [0, 0.05) is 13.1 Å². The summed E-state index contributed by atoms with van der Waals surface area (Å²) in [5.74, 6) is -0.322. The Bertz CT molecular complexity index is 414. The van der Waals surface area contributed by atoms with Gasteiger partial charge in [0.05, 0.1) is 0 Å². The van der Waals surface area contributed by atoms with Gasteiger partial charge in [-0.15, -0.1) is 0 Å². The first kappa shape index (κ1) is 15.7. The molecule has 0 aromatic heterocycles. The van der Waals surface area contributed by atoms with Crippen molar-refractivity contribution in [3.05, 3.63) is 35.4 Å². The van der Waals surface area contributed by atoms with Crippen molar-refractivity contribution in [2.45, 2.75) is 25.8 Å². The average molecular weight is 263 g/mol. The molecule has 0 aliphatic carbocycles. The van der Waals surface area contributed by atoms with E-state index in [2.05, 4.69) is 10.2 Å². The van der Waals surface area contributed by atoms with E-state index < -0.39 is 5.54 Å². The van der Waals surface area contributed by atoms with Gasteiger partial charge in [-0.1, -0.05) is 36.8 Å². The molecule has 0 saturated heterocycles. The predicted octanol–water partition coefficient (Wildman–Crippen LogP) is 1.24. The Balaban J connectivity index is 2.98. The molecule has 0 spiro atoms. The molecule has 0 aliphatic rings. The first-order valence-corrected chi connectivity index (χ1v) is 6.69. The van der Waals surface area contributed by atoms with Crippen molar-refractivity contribution in [2.75, 3.05) is 27.2 Å². The summed E-state index contributed by atoms with van der Waals surface area (Å²) in [5.41, 5.74) is 6.99. The van der Waals surface area contributed by atoms with Gasteiger partial charge in [-0.3, -0.25) is 10.1 Å². The van der Waals surface area contributed by atoms with Crippen LogP contribution >= 0.6 is 0 Å². The molecule has 0 radical (unpaired) electrons. The van der Waals surface area contributed by atoms with E-state index in [9.17, 15) is 4.79 Å². The van der Waals surface area contributed by atoms with E-state index in [0.29, 0.717) is 6.42 Å². The summed E-state index contributed by atoms with van der Waals surface area (Å²) < 4.78 is 0. The third-order valence-corrected chi connectivity index (χ3v) is 3.48. The Morgan fingerprint density at radius 1 is 1.32 bits per heavy atom. The minimum absolute atomic E-state index is 0.322. The van der Waals surface area contributed by atoms with E-state index in [1.54, 1.807) is 0 Å². The first-order chi connectivity index (χ1) is 8.92. The molecule has 0 heterocycles. The van der Waals surface area contributed by atoms with Crippen molar-refractivity contribution < 1.29 is 4.79 Å². The number of hydrogen-bond acceptors (Lipinski definition) is 3. The highest BCUT2D eigenvalue weighted by atomic mass is 16.1. The number of nitrogens with one attached hydrogen (secondary N) is 1. The first-order valence-electron chi connectivity index (χ1n) is 6.69. The van der Waals surface area contributed by atoms with Gasteiger partial charge in [-0.2, -0.15) is 0 Å². The highest BCUT2D eigenvalue weighted by Gasteiger charge is 2.35. The van der Waals surface area contributed by atoms with Crippen molar-refractivity contribution in [1.29, 1.82) is 0 Å². The molecule has 1 rings (SSSR count). The minimum Gasteiger partial charge on any atom is -0.368 e. The summed E-state index contributed by atoms with van der Waals surface area (Å²) in [7, 11) is 4.01. The van der Waals surface area contributed by atoms with Crippen LogP contribution in [0.15, 0.2) is 24.3 Å². The predicted molar refractivity (Wildman–Crippen MR) is 78.9 cm³/mol. The zero-order valence-electron chi connectivity index (χ0n) is 12.4. The highest BCUT2D eigenvalue weighted by Crippen LogP contribution is 2.25. The molecule has 3 N–H and O–H groups in total. The smallest absolute Gasteiger partial charge is 0.242 e. The number of rotatable bonds is 7. The molecule has 1 unspecified atom stereocenters. The maximum atomic E-state index is 12.0. The minimum atomic E-state index is -0.774. The summed E-state index contributed by atoms with van der Waals surface area (Å²) in [5, 5.41) is 3.33. The van der Waals surface area contributed by atoms with Gasteiger partial charge >= 0.3 is 0 Å². The Labute approximate surface area is 116 Å². The van der Waals surface area contributed by atoms with Crippen LogP contribution in [-0.2, 0) is 10.3 Å². The monoisotopic (exact) mass is 263 g/mol. The van der Waals surface area contributed by atoms with Crippen LogP contribution in [0.5, 0.6) is 0 Å². The molecule has 0 saturated carbocycles. The Hall–Kier alpha value is -1.39. The third kappa shape index (κ3) is 3.78. The second-order valence-electron chi connectivity index (χ2n) is 5.22. The Kier molecular flexibility index (Phi) is 5.51. The van der Waals surface area contributed by atoms with Crippen LogP contribution in [0.1, 0.15) is 24.5 Å². The lowest BCUT2D eigenvalue weighted by molar-refractivity contribution is -0.125. The zero-order valence-corrected chi connectivity index (χ0v) is 12.4. The molecule has 1 atom stereocenters. The number of amides is 1. The number of carbonyl (C=O) groups is 1. The second kappa shape index (κ2) is 6.68. The zero-order chi connectivity index (χ0) is 14.5. The second-order valence-corrected chi connectivity index (χ2v) is 5.22. The summed E-state index contributed by atoms with van der Waals surface area (Å²) in [6.45, 7) is 5.59. The van der Waals surface area contributed by atoms with Gasteiger partial charge in [0.25, 0.3) is 0 Å². The van der Waals surface area contributed by atoms with Gasteiger partial charge in [0.2, 0.25) is 5.91 Å². The average Bonchev–Trinajstić information content (AvgIpc) is 2.35. The maximum absolute atomic E-state index is 12.0. The van der Waals surface area contributed by atoms with Crippen LogP contribution in [0.25, 0.3) is 0 Å². The van der Waals surface area contributed by atoms with E-state index in [0.717, 1.165) is 18.7 Å². The third-order valence-electron chi connectivity index (χ3n) is 3.48. The number of hydrogen-bond donors (Lipinski definition) is 2.